The minimum Gasteiger partial charge on any atom is -0.493 e. The maximum absolute atomic E-state index is 14.2. The van der Waals surface area contributed by atoms with Gasteiger partial charge in [-0.3, -0.25) is 58.7 Å². The second-order valence-corrected chi connectivity index (χ2v) is 34.5. The number of amides is 8. The third kappa shape index (κ3) is 22.9. The van der Waals surface area contributed by atoms with E-state index in [2.05, 4.69) is 15.0 Å². The quantitative estimate of drug-likeness (QED) is 0.0302. The molecule has 6 aliphatic rings. The van der Waals surface area contributed by atoms with E-state index >= 15 is 0 Å². The predicted molar refractivity (Wildman–Crippen MR) is 476 cm³/mol. The van der Waals surface area contributed by atoms with Gasteiger partial charge in [0.2, 0.25) is 5.91 Å². The normalized spacial score (nSPS) is 20.0. The molecule has 0 atom stereocenters. The van der Waals surface area contributed by atoms with Crippen LogP contribution in [0.1, 0.15) is 162 Å². The van der Waals surface area contributed by atoms with Crippen molar-refractivity contribution in [2.24, 2.45) is 0 Å². The summed E-state index contributed by atoms with van der Waals surface area (Å²) in [4.78, 5) is 178. The lowest BCUT2D eigenvalue weighted by atomic mass is 9.77. The van der Waals surface area contributed by atoms with Crippen LogP contribution in [0.25, 0.3) is 10.9 Å². The molecule has 38 nitrogen and oxygen atoms in total. The van der Waals surface area contributed by atoms with Gasteiger partial charge in [0.25, 0.3) is 28.7 Å². The van der Waals surface area contributed by atoms with Crippen LogP contribution in [0.15, 0.2) is 169 Å². The molecule has 14 rings (SSSR count). The van der Waals surface area contributed by atoms with Crippen LogP contribution in [0.5, 0.6) is 34.5 Å². The smallest absolute Gasteiger partial charge is 0.417 e. The van der Waals surface area contributed by atoms with Crippen molar-refractivity contribution in [3.8, 4) is 34.5 Å². The molecule has 38 heteroatoms. The van der Waals surface area contributed by atoms with Crippen LogP contribution in [0.2, 0.25) is 0 Å². The lowest BCUT2D eigenvalue weighted by molar-refractivity contribution is -0.385. The van der Waals surface area contributed by atoms with Crippen LogP contribution in [0.4, 0.5) is 35.3 Å². The van der Waals surface area contributed by atoms with Crippen LogP contribution < -0.4 is 39.3 Å². The lowest BCUT2D eigenvalue weighted by Crippen LogP contribution is -2.69. The molecule has 3 saturated carbocycles. The first-order valence-electron chi connectivity index (χ1n) is 43.4. The molecule has 8 amide bonds. The molecule has 3 saturated heterocycles. The number of imide groups is 2. The molecule has 4 heterocycles. The SMILES string of the molecule is COC(=O)c1cc(OC2CCC3(CC2)C(=O)N(C(=O)OC(C)(C)C)CCN3C(=O)OCc2ccccc2)c(OC)cc1[N+](=O)[O-].COC(=O)c1cc(OC2CCC3(CC2)C(=O)NCCN3C(=O)OCc2ccccc2)c(OC)cc1[N+](=O)[O-].COc1cc2ncn(Cc3ccccc3)c(=O)c2cc1OC1CCC2(CC1)C(=O)N(C(=O)OC(C)(C)C)CCN2C(=O)OCc1ccccc1. The number of nitro groups is 2. The monoisotopic (exact) mass is 1840 g/mol. The fraction of sp³-hybridized carbons (Fsp3) is 0.432. The van der Waals surface area contributed by atoms with E-state index in [1.165, 1.54) is 54.5 Å². The topological polar surface area (TPSA) is 440 Å². The molecule has 1 N–H and O–H groups in total. The highest BCUT2D eigenvalue weighted by Crippen LogP contribution is 2.47. The summed E-state index contributed by atoms with van der Waals surface area (Å²) in [5, 5.41) is 26.3. The average Bonchev–Trinajstić information content (AvgIpc) is 0.747. The Labute approximate surface area is 766 Å². The second kappa shape index (κ2) is 42.5. The van der Waals surface area contributed by atoms with Crippen LogP contribution in [0, 0.1) is 20.2 Å². The summed E-state index contributed by atoms with van der Waals surface area (Å²) in [6.07, 6.45) is 0.233. The largest absolute Gasteiger partial charge is 0.493 e. The van der Waals surface area contributed by atoms with E-state index in [4.69, 9.17) is 56.8 Å². The Morgan fingerprint density at radius 3 is 1.11 bits per heavy atom. The highest BCUT2D eigenvalue weighted by Gasteiger charge is 2.58. The third-order valence-corrected chi connectivity index (χ3v) is 23.7. The van der Waals surface area contributed by atoms with E-state index in [1.807, 2.05) is 121 Å². The zero-order valence-corrected chi connectivity index (χ0v) is 75.8. The maximum Gasteiger partial charge on any atom is 0.417 e. The van der Waals surface area contributed by atoms with E-state index in [-0.39, 0.29) is 136 Å². The molecule has 7 aromatic carbocycles. The number of carbonyl (C=O) groups excluding carboxylic acids is 10. The molecule has 8 aromatic rings. The highest BCUT2D eigenvalue weighted by atomic mass is 16.6. The second-order valence-electron chi connectivity index (χ2n) is 34.5. The maximum atomic E-state index is 14.2. The van der Waals surface area contributed by atoms with Gasteiger partial charge in [-0.25, -0.2) is 48.3 Å². The van der Waals surface area contributed by atoms with Crippen LogP contribution in [-0.2, 0) is 73.9 Å². The molecule has 133 heavy (non-hydrogen) atoms. The minimum absolute atomic E-state index is 0.00439. The number of methoxy groups -OCH3 is 5. The van der Waals surface area contributed by atoms with Gasteiger partial charge in [-0.1, -0.05) is 121 Å². The van der Waals surface area contributed by atoms with Crippen molar-refractivity contribution < 1.29 is 119 Å². The molecular weight excluding hydrogens is 1730 g/mol. The average molecular weight is 1840 g/mol. The number of hydrogen-bond donors (Lipinski definition) is 1. The Kier molecular flexibility index (Phi) is 31.1. The Hall–Kier alpha value is -14.6. The standard InChI is InChI=1S/C38H42N4O8.C31H37N3O11.C26H29N3O9/c1-37(2,3)50-35(45)41-19-20-42(36(46)48-24-27-13-9-6-10-14-27)38(34(41)44)17-15-28(16-18-38)49-32-21-29-30(22-31(32)47-4)39-25-40(33(29)43)23-26-11-7-5-8-12-26;1-30(2,3)45-28(37)32-15-16-33(29(38)43-19-20-9-7-6-8-10-20)31(27(32)36)13-11-21(12-14-31)44-25-17-22(26(35)42-5)23(34(39)40)18-24(25)41-4;1-35-21-15-20(29(33)34)19(23(30)36-2)14-22(21)38-18-8-10-26(11-9-18)24(31)27-12-13-28(26)25(32)37-16-17-6-4-3-5-7-17/h5-14,21-22,25,28H,15-20,23-24H2,1-4H3;6-10,17-18,21H,11-16,19H2,1-5H3;3-7,14-15,18H,8-13,16H2,1-2H3,(H,27,31). The number of ether oxygens (including phenoxy) is 13. The van der Waals surface area contributed by atoms with Gasteiger partial charge in [0, 0.05) is 57.5 Å². The molecular formula is C95H108N10O28. The fourth-order valence-electron chi connectivity index (χ4n) is 17.0. The van der Waals surface area contributed by atoms with Crippen molar-refractivity contribution in [2.45, 2.75) is 191 Å². The molecule has 1 aromatic heterocycles. The molecule has 3 aliphatic carbocycles. The number of hydrogen-bond acceptors (Lipinski definition) is 29. The molecule has 6 fully saturated rings. The summed E-state index contributed by atoms with van der Waals surface area (Å²) in [5.41, 5.74) is -3.32. The van der Waals surface area contributed by atoms with Crippen molar-refractivity contribution in [1.82, 2.24) is 39.4 Å². The van der Waals surface area contributed by atoms with Crippen LogP contribution in [0.3, 0.4) is 0 Å². The first kappa shape index (κ1) is 97.4. The Morgan fingerprint density at radius 2 is 0.767 bits per heavy atom. The summed E-state index contributed by atoms with van der Waals surface area (Å²) < 4.78 is 73.7. The summed E-state index contributed by atoms with van der Waals surface area (Å²) in [7, 11) is 6.40. The van der Waals surface area contributed by atoms with Gasteiger partial charge in [0.15, 0.2) is 34.5 Å². The molecule has 0 unspecified atom stereocenters. The lowest BCUT2D eigenvalue weighted by Gasteiger charge is -2.50. The molecule has 3 spiro atoms. The van der Waals surface area contributed by atoms with E-state index in [0.29, 0.717) is 80.6 Å². The molecule has 0 radical (unpaired) electrons. The minimum atomic E-state index is -1.40. The number of aromatic nitrogens is 2. The van der Waals surface area contributed by atoms with E-state index in [9.17, 15) is 73.0 Å². The summed E-state index contributed by atoms with van der Waals surface area (Å²) >= 11 is 0. The van der Waals surface area contributed by atoms with Gasteiger partial charge in [-0.05, 0) is 147 Å². The number of nitrogens with zero attached hydrogens (tertiary/aromatic N) is 9. The van der Waals surface area contributed by atoms with Crippen molar-refractivity contribution in [2.75, 3.05) is 74.8 Å². The van der Waals surface area contributed by atoms with Crippen LogP contribution in [-0.4, -0.2) is 225 Å². The van der Waals surface area contributed by atoms with Crippen molar-refractivity contribution in [3.63, 3.8) is 0 Å². The zero-order chi connectivity index (χ0) is 95.7. The Bertz CT molecular complexity index is 5650. The molecule has 706 valence electrons. The number of carbonyl (C=O) groups is 10. The van der Waals surface area contributed by atoms with Gasteiger partial charge >= 0.3 is 42.4 Å². The Balaban J connectivity index is 0.000000182. The first-order chi connectivity index (χ1) is 63.5. The predicted octanol–water partition coefficient (Wildman–Crippen LogP) is 14.0. The Morgan fingerprint density at radius 1 is 0.429 bits per heavy atom. The van der Waals surface area contributed by atoms with E-state index in [1.54, 1.807) is 58.2 Å². The van der Waals surface area contributed by atoms with E-state index in [0.717, 1.165) is 58.4 Å². The zero-order valence-electron chi connectivity index (χ0n) is 75.8. The number of esters is 2. The van der Waals surface area contributed by atoms with Crippen molar-refractivity contribution in [3.05, 3.63) is 228 Å². The van der Waals surface area contributed by atoms with Crippen molar-refractivity contribution in [1.29, 1.82) is 0 Å². The van der Waals surface area contributed by atoms with Crippen LogP contribution >= 0.6 is 0 Å². The number of fused-ring (bicyclic) bond motifs is 1. The van der Waals surface area contributed by atoms with Gasteiger partial charge in [-0.15, -0.1) is 0 Å². The molecule has 0 bridgehead atoms. The molecule has 3 aliphatic heterocycles. The fourth-order valence-corrected chi connectivity index (χ4v) is 17.0. The summed E-state index contributed by atoms with van der Waals surface area (Å²) in [5.74, 6) is -1.97. The van der Waals surface area contributed by atoms with Gasteiger partial charge < -0.3 is 66.9 Å². The number of nitrogens with one attached hydrogen (secondary N) is 1. The number of rotatable bonds is 21. The number of benzene rings is 7. The third-order valence-electron chi connectivity index (χ3n) is 23.7. The summed E-state index contributed by atoms with van der Waals surface area (Å²) in [6.45, 7) is 11.5. The van der Waals surface area contributed by atoms with Gasteiger partial charge in [0.05, 0.1) is 99.6 Å². The highest BCUT2D eigenvalue weighted by molar-refractivity contribution is 6.02. The summed E-state index contributed by atoms with van der Waals surface area (Å²) in [6, 6.07) is 45.3. The van der Waals surface area contributed by atoms with Gasteiger partial charge in [-0.2, -0.15) is 0 Å². The van der Waals surface area contributed by atoms with Gasteiger partial charge in [0.1, 0.15) is 58.8 Å². The van der Waals surface area contributed by atoms with E-state index < -0.39 is 115 Å². The first-order valence-corrected chi connectivity index (χ1v) is 43.4. The van der Waals surface area contributed by atoms with Crippen molar-refractivity contribution >= 4 is 82.4 Å². The number of piperazine rings is 3. The number of nitro benzene ring substituents is 2.